The fourth-order valence-electron chi connectivity index (χ4n) is 0.807. The second-order valence-corrected chi connectivity index (χ2v) is 2.16. The maximum absolute atomic E-state index is 2.17. The molecule has 0 N–H and O–H groups in total. The summed E-state index contributed by atoms with van der Waals surface area (Å²) in [5.41, 5.74) is 2.68. The van der Waals surface area contributed by atoms with Crippen LogP contribution in [0.25, 0.3) is 0 Å². The summed E-state index contributed by atoms with van der Waals surface area (Å²) in [6, 6.07) is 8.45. The summed E-state index contributed by atoms with van der Waals surface area (Å²) in [7, 11) is 0. The molecule has 0 spiro atoms. The van der Waals surface area contributed by atoms with Crippen LogP contribution in [0.1, 0.15) is 11.1 Å². The first-order valence-electron chi connectivity index (χ1n) is 2.82. The van der Waals surface area contributed by atoms with E-state index in [1.54, 1.807) is 0 Å². The van der Waals surface area contributed by atoms with Crippen LogP contribution in [-0.4, -0.2) is 17.1 Å². The zero-order valence-electron chi connectivity index (χ0n) is 5.72. The molecule has 0 saturated heterocycles. The first-order valence-corrected chi connectivity index (χ1v) is 2.82. The average Bonchev–Trinajstić information content (AvgIpc) is 1.64. The number of rotatable bonds is 0. The molecule has 0 nitrogen and oxygen atoms in total. The minimum absolute atomic E-state index is 0. The first kappa shape index (κ1) is 8.74. The predicted octanol–water partition coefficient (Wildman–Crippen LogP) is 1.92. The van der Waals surface area contributed by atoms with E-state index in [-0.39, 0.29) is 17.1 Å². The maximum atomic E-state index is 2.17. The molecule has 0 aliphatic heterocycles. The average molecular weight is 185 g/mol. The third-order valence-corrected chi connectivity index (χ3v) is 1.17. The second-order valence-electron chi connectivity index (χ2n) is 2.16. The van der Waals surface area contributed by atoms with Crippen molar-refractivity contribution in [1.29, 1.82) is 0 Å². The molecule has 0 fully saturated rings. The molecule has 0 bridgehead atoms. The Morgan fingerprint density at radius 1 is 1.00 bits per heavy atom. The van der Waals surface area contributed by atoms with Crippen molar-refractivity contribution in [2.24, 2.45) is 0 Å². The largest absolute Gasteiger partial charge is 0.0617 e. The summed E-state index contributed by atoms with van der Waals surface area (Å²) < 4.78 is 0. The van der Waals surface area contributed by atoms with Crippen molar-refractivity contribution in [3.8, 4) is 0 Å². The quantitative estimate of drug-likeness (QED) is 0.542. The molecule has 0 unspecified atom stereocenters. The standard InChI is InChI=1S/C8H10.Se/c1-7-4-3-5-8(2)6-7;/h3-6H,1-2H3;. The SMILES string of the molecule is Cc1cccc(C)c1.[Se]. The Bertz CT molecular complexity index is 164. The van der Waals surface area contributed by atoms with Gasteiger partial charge >= 0.3 is 0 Å². The number of benzene rings is 1. The molecular formula is C8H10Se. The van der Waals surface area contributed by atoms with Crippen LogP contribution in [0.15, 0.2) is 24.3 Å². The van der Waals surface area contributed by atoms with Gasteiger partial charge in [0.05, 0.1) is 0 Å². The summed E-state index contributed by atoms with van der Waals surface area (Å²) in [6.45, 7) is 4.21. The summed E-state index contributed by atoms with van der Waals surface area (Å²) in [4.78, 5) is 0. The van der Waals surface area contributed by atoms with Gasteiger partial charge in [0.25, 0.3) is 0 Å². The number of hydrogen-bond donors (Lipinski definition) is 0. The van der Waals surface area contributed by atoms with E-state index >= 15 is 0 Å². The zero-order valence-corrected chi connectivity index (χ0v) is 7.43. The van der Waals surface area contributed by atoms with E-state index in [0.717, 1.165) is 0 Å². The van der Waals surface area contributed by atoms with Gasteiger partial charge in [-0.25, -0.2) is 0 Å². The van der Waals surface area contributed by atoms with E-state index in [0.29, 0.717) is 0 Å². The molecule has 0 aromatic heterocycles. The van der Waals surface area contributed by atoms with E-state index in [9.17, 15) is 0 Å². The molecule has 1 rings (SSSR count). The molecule has 0 aliphatic carbocycles. The van der Waals surface area contributed by atoms with Gasteiger partial charge in [0.15, 0.2) is 0 Å². The number of aryl methyl sites for hydroxylation is 2. The molecule has 9 heavy (non-hydrogen) atoms. The fraction of sp³-hybridized carbons (Fsp3) is 0.250. The van der Waals surface area contributed by atoms with E-state index in [4.69, 9.17) is 0 Å². The molecular weight excluding hydrogens is 175 g/mol. The summed E-state index contributed by atoms with van der Waals surface area (Å²) >= 11 is 0. The van der Waals surface area contributed by atoms with Gasteiger partial charge in [0, 0.05) is 17.1 Å². The van der Waals surface area contributed by atoms with Gasteiger partial charge < -0.3 is 0 Å². The summed E-state index contributed by atoms with van der Waals surface area (Å²) in [6.07, 6.45) is 0. The van der Waals surface area contributed by atoms with Gasteiger partial charge in [-0.2, -0.15) is 0 Å². The third-order valence-electron chi connectivity index (χ3n) is 1.17. The van der Waals surface area contributed by atoms with Crippen molar-refractivity contribution in [2.45, 2.75) is 13.8 Å². The normalized spacial score (nSPS) is 8.22. The van der Waals surface area contributed by atoms with Crippen LogP contribution in [0.5, 0.6) is 0 Å². The van der Waals surface area contributed by atoms with E-state index in [1.165, 1.54) is 11.1 Å². The van der Waals surface area contributed by atoms with Gasteiger partial charge in [0.2, 0.25) is 0 Å². The summed E-state index contributed by atoms with van der Waals surface area (Å²) in [5, 5.41) is 0. The topological polar surface area (TPSA) is 0 Å². The minimum Gasteiger partial charge on any atom is -0.0617 e. The van der Waals surface area contributed by atoms with E-state index in [2.05, 4.69) is 38.1 Å². The Morgan fingerprint density at radius 2 is 1.44 bits per heavy atom. The molecule has 1 aromatic rings. The van der Waals surface area contributed by atoms with Crippen LogP contribution in [-0.2, 0) is 0 Å². The fourth-order valence-corrected chi connectivity index (χ4v) is 0.807. The van der Waals surface area contributed by atoms with Crippen LogP contribution in [0.4, 0.5) is 0 Å². The summed E-state index contributed by atoms with van der Waals surface area (Å²) in [5.74, 6) is 0. The maximum Gasteiger partial charge on any atom is 0 e. The Kier molecular flexibility index (Phi) is 3.60. The van der Waals surface area contributed by atoms with Crippen LogP contribution in [0, 0.1) is 13.8 Å². The molecule has 48 valence electrons. The van der Waals surface area contributed by atoms with Crippen molar-refractivity contribution in [2.75, 3.05) is 0 Å². The van der Waals surface area contributed by atoms with Crippen molar-refractivity contribution in [1.82, 2.24) is 0 Å². The van der Waals surface area contributed by atoms with Crippen molar-refractivity contribution in [3.05, 3.63) is 35.4 Å². The van der Waals surface area contributed by atoms with Crippen molar-refractivity contribution >= 4 is 17.1 Å². The van der Waals surface area contributed by atoms with Crippen LogP contribution in [0.2, 0.25) is 0 Å². The second kappa shape index (κ2) is 3.71. The molecule has 0 atom stereocenters. The van der Waals surface area contributed by atoms with Gasteiger partial charge in [-0.3, -0.25) is 0 Å². The molecule has 0 aliphatic rings. The zero-order chi connectivity index (χ0) is 5.98. The Hall–Kier alpha value is -0.261. The smallest absolute Gasteiger partial charge is 0 e. The Balaban J connectivity index is 0.000000640. The number of hydrogen-bond acceptors (Lipinski definition) is 0. The molecule has 0 saturated carbocycles. The van der Waals surface area contributed by atoms with Gasteiger partial charge in [-0.1, -0.05) is 35.4 Å². The van der Waals surface area contributed by atoms with Crippen LogP contribution >= 0.6 is 0 Å². The Morgan fingerprint density at radius 3 is 1.67 bits per heavy atom. The van der Waals surface area contributed by atoms with Gasteiger partial charge in [-0.05, 0) is 13.8 Å². The molecule has 1 heteroatoms. The van der Waals surface area contributed by atoms with E-state index in [1.807, 2.05) is 0 Å². The predicted molar refractivity (Wildman–Crippen MR) is 41.7 cm³/mol. The first-order chi connectivity index (χ1) is 3.79. The minimum atomic E-state index is 0. The molecule has 1 aromatic carbocycles. The van der Waals surface area contributed by atoms with E-state index < -0.39 is 0 Å². The Labute approximate surface area is 66.8 Å². The van der Waals surface area contributed by atoms with Gasteiger partial charge in [-0.15, -0.1) is 0 Å². The molecule has 0 heterocycles. The van der Waals surface area contributed by atoms with Crippen LogP contribution in [0.3, 0.4) is 0 Å². The van der Waals surface area contributed by atoms with Crippen molar-refractivity contribution in [3.63, 3.8) is 0 Å². The molecule has 2 radical (unpaired) electrons. The molecule has 0 amide bonds. The monoisotopic (exact) mass is 186 g/mol. The van der Waals surface area contributed by atoms with Crippen molar-refractivity contribution < 1.29 is 0 Å². The van der Waals surface area contributed by atoms with Gasteiger partial charge in [0.1, 0.15) is 0 Å². The van der Waals surface area contributed by atoms with Crippen LogP contribution < -0.4 is 0 Å². The third kappa shape index (κ3) is 2.69.